The Morgan fingerprint density at radius 1 is 1.11 bits per heavy atom. The van der Waals surface area contributed by atoms with Crippen LogP contribution in [0, 0.1) is 0 Å². The molecule has 27 heavy (non-hydrogen) atoms. The zero-order valence-corrected chi connectivity index (χ0v) is 15.9. The Labute approximate surface area is 160 Å². The van der Waals surface area contributed by atoms with Gasteiger partial charge >= 0.3 is 0 Å². The number of nitrogens with zero attached hydrogens (tertiary/aromatic N) is 2. The summed E-state index contributed by atoms with van der Waals surface area (Å²) < 4.78 is 7.86. The predicted octanol–water partition coefficient (Wildman–Crippen LogP) is 4.08. The summed E-state index contributed by atoms with van der Waals surface area (Å²) in [4.78, 5) is 16.6. The molecule has 0 aliphatic rings. The van der Waals surface area contributed by atoms with Gasteiger partial charge in [-0.1, -0.05) is 50.2 Å². The topological polar surface area (TPSA) is 56.1 Å². The van der Waals surface area contributed by atoms with E-state index in [0.717, 1.165) is 22.6 Å². The van der Waals surface area contributed by atoms with Gasteiger partial charge in [-0.25, -0.2) is 4.98 Å². The largest absolute Gasteiger partial charge is 0.481 e. The second-order valence-corrected chi connectivity index (χ2v) is 6.77. The maximum Gasteiger partial charge on any atom is 0.261 e. The minimum absolute atomic E-state index is 0.144. The quantitative estimate of drug-likeness (QED) is 0.688. The molecule has 0 bridgehead atoms. The molecule has 1 N–H and O–H groups in total. The van der Waals surface area contributed by atoms with Crippen LogP contribution < -0.4 is 10.1 Å². The van der Waals surface area contributed by atoms with Crippen molar-refractivity contribution in [2.24, 2.45) is 0 Å². The van der Waals surface area contributed by atoms with Gasteiger partial charge in [0.25, 0.3) is 5.91 Å². The highest BCUT2D eigenvalue weighted by Gasteiger charge is 2.17. The second-order valence-electron chi connectivity index (χ2n) is 6.77. The van der Waals surface area contributed by atoms with E-state index in [1.54, 1.807) is 19.4 Å². The van der Waals surface area contributed by atoms with E-state index in [9.17, 15) is 4.79 Å². The van der Waals surface area contributed by atoms with Crippen molar-refractivity contribution in [3.8, 4) is 11.4 Å². The SMILES string of the molecule is CC(C)c1ccccc1O[C@@H](C)C(=O)NCc1ccccc1-n1ccnc1. The number of para-hydroxylation sites is 2. The third kappa shape index (κ3) is 4.56. The van der Waals surface area contributed by atoms with Gasteiger partial charge in [0.1, 0.15) is 5.75 Å². The average molecular weight is 363 g/mol. The summed E-state index contributed by atoms with van der Waals surface area (Å²) in [6, 6.07) is 15.8. The molecule has 5 nitrogen and oxygen atoms in total. The first-order valence-electron chi connectivity index (χ1n) is 9.15. The Hall–Kier alpha value is -3.08. The molecule has 0 saturated heterocycles. The van der Waals surface area contributed by atoms with Crippen molar-refractivity contribution in [3.05, 3.63) is 78.4 Å². The number of ether oxygens (including phenoxy) is 1. The predicted molar refractivity (Wildman–Crippen MR) is 106 cm³/mol. The van der Waals surface area contributed by atoms with Crippen molar-refractivity contribution in [2.75, 3.05) is 0 Å². The van der Waals surface area contributed by atoms with E-state index >= 15 is 0 Å². The lowest BCUT2D eigenvalue weighted by atomic mass is 10.0. The van der Waals surface area contributed by atoms with Gasteiger partial charge in [-0.3, -0.25) is 4.79 Å². The van der Waals surface area contributed by atoms with Crippen LogP contribution in [0.15, 0.2) is 67.3 Å². The molecule has 1 aromatic heterocycles. The summed E-state index contributed by atoms with van der Waals surface area (Å²) in [5, 5.41) is 2.97. The monoisotopic (exact) mass is 363 g/mol. The zero-order valence-electron chi connectivity index (χ0n) is 15.9. The van der Waals surface area contributed by atoms with E-state index in [-0.39, 0.29) is 5.91 Å². The maximum absolute atomic E-state index is 12.5. The molecule has 3 rings (SSSR count). The third-order valence-corrected chi connectivity index (χ3v) is 4.44. The molecule has 1 amide bonds. The number of hydrogen-bond donors (Lipinski definition) is 1. The molecule has 0 saturated carbocycles. The molecule has 1 atom stereocenters. The summed E-state index contributed by atoms with van der Waals surface area (Å²) in [6.45, 7) is 6.42. The van der Waals surface area contributed by atoms with Crippen LogP contribution in [0.2, 0.25) is 0 Å². The standard InChI is InChI=1S/C22H25N3O2/c1-16(2)19-9-5-7-11-21(19)27-17(3)22(26)24-14-18-8-4-6-10-20(18)25-13-12-23-15-25/h4-13,15-17H,14H2,1-3H3,(H,24,26)/t17-/m0/s1. The van der Waals surface area contributed by atoms with Crippen molar-refractivity contribution >= 4 is 5.91 Å². The van der Waals surface area contributed by atoms with Gasteiger partial charge in [-0.05, 0) is 36.1 Å². The van der Waals surface area contributed by atoms with E-state index in [1.165, 1.54) is 0 Å². The number of carbonyl (C=O) groups is 1. The van der Waals surface area contributed by atoms with Crippen LogP contribution in [-0.4, -0.2) is 21.6 Å². The van der Waals surface area contributed by atoms with E-state index in [4.69, 9.17) is 4.74 Å². The highest BCUT2D eigenvalue weighted by atomic mass is 16.5. The van der Waals surface area contributed by atoms with E-state index in [0.29, 0.717) is 12.5 Å². The van der Waals surface area contributed by atoms with E-state index < -0.39 is 6.10 Å². The zero-order chi connectivity index (χ0) is 19.2. The van der Waals surface area contributed by atoms with Gasteiger partial charge < -0.3 is 14.6 Å². The Kier molecular flexibility index (Phi) is 5.91. The highest BCUT2D eigenvalue weighted by Crippen LogP contribution is 2.26. The Balaban J connectivity index is 1.65. The molecule has 0 spiro atoms. The fraction of sp³-hybridized carbons (Fsp3) is 0.273. The van der Waals surface area contributed by atoms with Crippen molar-refractivity contribution < 1.29 is 9.53 Å². The molecule has 3 aromatic rings. The fourth-order valence-electron chi connectivity index (χ4n) is 2.95. The number of amides is 1. The summed E-state index contributed by atoms with van der Waals surface area (Å²) in [5.41, 5.74) is 3.11. The Morgan fingerprint density at radius 2 is 1.85 bits per heavy atom. The Morgan fingerprint density at radius 3 is 2.59 bits per heavy atom. The summed E-state index contributed by atoms with van der Waals surface area (Å²) >= 11 is 0. The average Bonchev–Trinajstić information content (AvgIpc) is 3.21. The van der Waals surface area contributed by atoms with Crippen LogP contribution in [-0.2, 0) is 11.3 Å². The molecule has 5 heteroatoms. The van der Waals surface area contributed by atoms with Gasteiger partial charge in [0.05, 0.1) is 12.0 Å². The van der Waals surface area contributed by atoms with Crippen molar-refractivity contribution in [3.63, 3.8) is 0 Å². The number of rotatable bonds is 7. The lowest BCUT2D eigenvalue weighted by Gasteiger charge is -2.19. The van der Waals surface area contributed by atoms with Gasteiger partial charge in [-0.15, -0.1) is 0 Å². The molecule has 0 radical (unpaired) electrons. The first kappa shape index (κ1) is 18.7. The molecule has 140 valence electrons. The van der Waals surface area contributed by atoms with Crippen molar-refractivity contribution in [1.29, 1.82) is 0 Å². The number of imidazole rings is 1. The lowest BCUT2D eigenvalue weighted by Crippen LogP contribution is -2.36. The molecule has 0 fully saturated rings. The number of nitrogens with one attached hydrogen (secondary N) is 1. The van der Waals surface area contributed by atoms with Crippen LogP contribution in [0.5, 0.6) is 5.75 Å². The van der Waals surface area contributed by atoms with E-state index in [2.05, 4.69) is 24.1 Å². The molecule has 0 unspecified atom stereocenters. The highest BCUT2D eigenvalue weighted by molar-refractivity contribution is 5.80. The normalized spacial score (nSPS) is 12.0. The number of benzene rings is 2. The number of aromatic nitrogens is 2. The molecular weight excluding hydrogens is 338 g/mol. The summed E-state index contributed by atoms with van der Waals surface area (Å²) in [7, 11) is 0. The van der Waals surface area contributed by atoms with Crippen LogP contribution in [0.1, 0.15) is 37.8 Å². The second kappa shape index (κ2) is 8.54. The first-order valence-corrected chi connectivity index (χ1v) is 9.15. The number of hydrogen-bond acceptors (Lipinski definition) is 3. The van der Waals surface area contributed by atoms with Crippen LogP contribution >= 0.6 is 0 Å². The summed E-state index contributed by atoms with van der Waals surface area (Å²) in [6.07, 6.45) is 4.78. The molecule has 1 heterocycles. The number of carbonyl (C=O) groups excluding carboxylic acids is 1. The summed E-state index contributed by atoms with van der Waals surface area (Å²) in [5.74, 6) is 0.946. The van der Waals surface area contributed by atoms with Crippen LogP contribution in [0.25, 0.3) is 5.69 Å². The third-order valence-electron chi connectivity index (χ3n) is 4.44. The molecule has 2 aromatic carbocycles. The first-order chi connectivity index (χ1) is 13.1. The molecule has 0 aliphatic carbocycles. The van der Waals surface area contributed by atoms with Gasteiger partial charge in [0.15, 0.2) is 6.10 Å². The lowest BCUT2D eigenvalue weighted by molar-refractivity contribution is -0.127. The van der Waals surface area contributed by atoms with Gasteiger partial charge in [0.2, 0.25) is 0 Å². The van der Waals surface area contributed by atoms with Crippen molar-refractivity contribution in [2.45, 2.75) is 39.3 Å². The van der Waals surface area contributed by atoms with Crippen molar-refractivity contribution in [1.82, 2.24) is 14.9 Å². The van der Waals surface area contributed by atoms with Gasteiger partial charge in [-0.2, -0.15) is 0 Å². The Bertz CT molecular complexity index is 888. The minimum Gasteiger partial charge on any atom is -0.481 e. The minimum atomic E-state index is -0.578. The van der Waals surface area contributed by atoms with Crippen LogP contribution in [0.4, 0.5) is 0 Å². The van der Waals surface area contributed by atoms with Gasteiger partial charge in [0, 0.05) is 18.9 Å². The van der Waals surface area contributed by atoms with Crippen LogP contribution in [0.3, 0.4) is 0 Å². The smallest absolute Gasteiger partial charge is 0.261 e. The molecular formula is C22H25N3O2. The molecule has 0 aliphatic heterocycles. The fourth-order valence-corrected chi connectivity index (χ4v) is 2.95. The van der Waals surface area contributed by atoms with E-state index in [1.807, 2.05) is 59.3 Å². The maximum atomic E-state index is 12.5.